The molecule has 2 heteroatoms. The molecule has 3 rings (SSSR count). The minimum atomic E-state index is -0.390. The van der Waals surface area contributed by atoms with E-state index in [2.05, 4.69) is 6.92 Å². The molecule has 0 heterocycles. The molecule has 22 heavy (non-hydrogen) atoms. The Morgan fingerprint density at radius 2 is 1.23 bits per heavy atom. The second kappa shape index (κ2) is 6.68. The van der Waals surface area contributed by atoms with Gasteiger partial charge in [-0.05, 0) is 86.8 Å². The van der Waals surface area contributed by atoms with Crippen molar-refractivity contribution in [1.29, 1.82) is 0 Å². The van der Waals surface area contributed by atoms with Crippen LogP contribution >= 0.6 is 0 Å². The van der Waals surface area contributed by atoms with E-state index in [1.807, 2.05) is 0 Å². The number of hydrogen-bond acceptors (Lipinski definition) is 0. The van der Waals surface area contributed by atoms with Crippen LogP contribution in [0.25, 0.3) is 0 Å². The average Bonchev–Trinajstić information content (AvgIpc) is 2.53. The summed E-state index contributed by atoms with van der Waals surface area (Å²) in [4.78, 5) is 0. The third-order valence-electron chi connectivity index (χ3n) is 6.27. The summed E-state index contributed by atoms with van der Waals surface area (Å²) in [6, 6.07) is 3.12. The summed E-state index contributed by atoms with van der Waals surface area (Å²) in [5, 5.41) is 0. The van der Waals surface area contributed by atoms with Crippen molar-refractivity contribution in [3.63, 3.8) is 0 Å². The molecular weight excluding hydrogens is 278 g/mol. The lowest BCUT2D eigenvalue weighted by Gasteiger charge is -2.37. The van der Waals surface area contributed by atoms with Crippen molar-refractivity contribution in [2.24, 2.45) is 17.8 Å². The number of rotatable bonds is 2. The minimum Gasteiger partial charge on any atom is -0.207 e. The van der Waals surface area contributed by atoms with Crippen molar-refractivity contribution in [2.75, 3.05) is 0 Å². The molecule has 2 saturated carbocycles. The van der Waals surface area contributed by atoms with Crippen LogP contribution in [0, 0.1) is 36.3 Å². The molecule has 0 atom stereocenters. The lowest BCUT2D eigenvalue weighted by molar-refractivity contribution is 0.165. The van der Waals surface area contributed by atoms with Crippen LogP contribution in [0.4, 0.5) is 8.78 Å². The molecule has 0 saturated heterocycles. The van der Waals surface area contributed by atoms with Gasteiger partial charge in [-0.2, -0.15) is 0 Å². The molecule has 2 aliphatic rings. The zero-order valence-corrected chi connectivity index (χ0v) is 13.9. The fraction of sp³-hybridized carbons (Fsp3) is 0.700. The molecule has 0 aliphatic heterocycles. The first-order valence-electron chi connectivity index (χ1n) is 9.00. The van der Waals surface area contributed by atoms with Gasteiger partial charge in [0.1, 0.15) is 11.6 Å². The molecule has 122 valence electrons. The highest BCUT2D eigenvalue weighted by Gasteiger charge is 2.30. The van der Waals surface area contributed by atoms with E-state index < -0.39 is 11.6 Å². The summed E-state index contributed by atoms with van der Waals surface area (Å²) in [5.74, 6) is 2.23. The Kier molecular flexibility index (Phi) is 4.84. The molecule has 0 unspecified atom stereocenters. The second-order valence-corrected chi connectivity index (χ2v) is 7.74. The molecule has 1 aromatic rings. The first kappa shape index (κ1) is 16.0. The SMILES string of the molecule is Cc1c(F)cc(C2CCC(C3CCC(C)CC3)CC2)cc1F. The fourth-order valence-corrected chi connectivity index (χ4v) is 4.58. The number of halogens is 2. The van der Waals surface area contributed by atoms with E-state index in [0.29, 0.717) is 5.92 Å². The predicted octanol–water partition coefficient (Wildman–Crippen LogP) is 6.37. The van der Waals surface area contributed by atoms with Crippen LogP contribution in [0.2, 0.25) is 0 Å². The lowest BCUT2D eigenvalue weighted by atomic mass is 9.68. The van der Waals surface area contributed by atoms with Gasteiger partial charge in [0.15, 0.2) is 0 Å². The molecule has 0 spiro atoms. The van der Waals surface area contributed by atoms with E-state index in [-0.39, 0.29) is 5.56 Å². The predicted molar refractivity (Wildman–Crippen MR) is 86.9 cm³/mol. The Morgan fingerprint density at radius 3 is 1.73 bits per heavy atom. The molecule has 0 aromatic heterocycles. The first-order chi connectivity index (χ1) is 10.5. The van der Waals surface area contributed by atoms with Crippen LogP contribution in [-0.2, 0) is 0 Å². The van der Waals surface area contributed by atoms with Crippen molar-refractivity contribution < 1.29 is 8.78 Å². The zero-order chi connectivity index (χ0) is 15.7. The summed E-state index contributed by atoms with van der Waals surface area (Å²) >= 11 is 0. The van der Waals surface area contributed by atoms with Crippen molar-refractivity contribution in [1.82, 2.24) is 0 Å². The van der Waals surface area contributed by atoms with Gasteiger partial charge >= 0.3 is 0 Å². The third kappa shape index (κ3) is 3.36. The van der Waals surface area contributed by atoms with E-state index in [9.17, 15) is 8.78 Å². The van der Waals surface area contributed by atoms with Gasteiger partial charge in [0, 0.05) is 5.56 Å². The molecule has 2 fully saturated rings. The highest BCUT2D eigenvalue weighted by molar-refractivity contribution is 5.28. The lowest BCUT2D eigenvalue weighted by Crippen LogP contribution is -2.24. The number of hydrogen-bond donors (Lipinski definition) is 0. The molecule has 0 amide bonds. The van der Waals surface area contributed by atoms with E-state index in [0.717, 1.165) is 36.2 Å². The van der Waals surface area contributed by atoms with Gasteiger partial charge in [0.25, 0.3) is 0 Å². The molecule has 0 radical (unpaired) electrons. The van der Waals surface area contributed by atoms with Crippen LogP contribution in [0.3, 0.4) is 0 Å². The Morgan fingerprint density at radius 1 is 0.773 bits per heavy atom. The standard InChI is InChI=1S/C20H28F2/c1-13-3-5-15(6-4-13)16-7-9-17(10-8-16)18-11-19(21)14(2)20(22)12-18/h11-13,15-17H,3-10H2,1-2H3. The van der Waals surface area contributed by atoms with Gasteiger partial charge < -0.3 is 0 Å². The van der Waals surface area contributed by atoms with Crippen molar-refractivity contribution in [3.05, 3.63) is 34.9 Å². The summed E-state index contributed by atoms with van der Waals surface area (Å²) in [5.41, 5.74) is 1.02. The largest absolute Gasteiger partial charge is 0.207 e. The maximum Gasteiger partial charge on any atom is 0.129 e. The molecule has 0 bridgehead atoms. The van der Waals surface area contributed by atoms with E-state index in [1.54, 1.807) is 12.1 Å². The number of benzene rings is 1. The van der Waals surface area contributed by atoms with Gasteiger partial charge in [-0.1, -0.05) is 19.8 Å². The Balaban J connectivity index is 1.60. The zero-order valence-electron chi connectivity index (χ0n) is 13.9. The van der Waals surface area contributed by atoms with Gasteiger partial charge in [0.2, 0.25) is 0 Å². The maximum atomic E-state index is 13.8. The Hall–Kier alpha value is -0.920. The van der Waals surface area contributed by atoms with Crippen LogP contribution < -0.4 is 0 Å². The quantitative estimate of drug-likeness (QED) is 0.595. The maximum absolute atomic E-state index is 13.8. The average molecular weight is 306 g/mol. The van der Waals surface area contributed by atoms with E-state index >= 15 is 0 Å². The van der Waals surface area contributed by atoms with Crippen molar-refractivity contribution in [3.8, 4) is 0 Å². The molecule has 1 aromatic carbocycles. The van der Waals surface area contributed by atoms with Gasteiger partial charge in [-0.25, -0.2) is 8.78 Å². The van der Waals surface area contributed by atoms with Crippen LogP contribution in [0.5, 0.6) is 0 Å². The van der Waals surface area contributed by atoms with Crippen LogP contribution in [0.1, 0.15) is 75.3 Å². The summed E-state index contributed by atoms with van der Waals surface area (Å²) in [6.07, 6.45) is 10.2. The van der Waals surface area contributed by atoms with Crippen LogP contribution in [-0.4, -0.2) is 0 Å². The highest BCUT2D eigenvalue weighted by Crippen LogP contribution is 2.44. The smallest absolute Gasteiger partial charge is 0.129 e. The Labute approximate surface area is 133 Å². The summed E-state index contributed by atoms with van der Waals surface area (Å²) in [6.45, 7) is 3.88. The molecule has 0 N–H and O–H groups in total. The second-order valence-electron chi connectivity index (χ2n) is 7.74. The minimum absolute atomic E-state index is 0.147. The van der Waals surface area contributed by atoms with Crippen LogP contribution in [0.15, 0.2) is 12.1 Å². The first-order valence-corrected chi connectivity index (χ1v) is 9.00. The van der Waals surface area contributed by atoms with E-state index in [1.165, 1.54) is 45.4 Å². The molecule has 2 aliphatic carbocycles. The fourth-order valence-electron chi connectivity index (χ4n) is 4.58. The summed E-state index contributed by atoms with van der Waals surface area (Å²) in [7, 11) is 0. The van der Waals surface area contributed by atoms with Gasteiger partial charge in [0.05, 0.1) is 0 Å². The third-order valence-corrected chi connectivity index (χ3v) is 6.27. The summed E-state index contributed by atoms with van der Waals surface area (Å²) < 4.78 is 27.5. The van der Waals surface area contributed by atoms with Crippen molar-refractivity contribution in [2.45, 2.75) is 71.1 Å². The van der Waals surface area contributed by atoms with Gasteiger partial charge in [-0.15, -0.1) is 0 Å². The molecular formula is C20H28F2. The monoisotopic (exact) mass is 306 g/mol. The Bertz CT molecular complexity index is 483. The topological polar surface area (TPSA) is 0 Å². The van der Waals surface area contributed by atoms with Gasteiger partial charge in [-0.3, -0.25) is 0 Å². The molecule has 0 nitrogen and oxygen atoms in total. The highest BCUT2D eigenvalue weighted by atomic mass is 19.1. The van der Waals surface area contributed by atoms with E-state index in [4.69, 9.17) is 0 Å². The van der Waals surface area contributed by atoms with Crippen molar-refractivity contribution >= 4 is 0 Å². The normalized spacial score (nSPS) is 32.9.